The van der Waals surface area contributed by atoms with Crippen LogP contribution in [-0.4, -0.2) is 61.8 Å². The standard InChI is InChI=1S/C27H35FN6O3/c1-15(2)21-22(16(3)9-10-29-21)34-24-19(13-20(28)18(5)30-24)23(31-25(34)35)33-12-11-32(14-17(33)4)26(36)37-27(6,7)8/h9-10,13,15,17H,11-12,14H2,1-8H3/t17-/m0/s1. The molecule has 0 aliphatic carbocycles. The summed E-state index contributed by atoms with van der Waals surface area (Å²) < 4.78 is 21.8. The molecule has 3 aromatic heterocycles. The zero-order valence-corrected chi connectivity index (χ0v) is 22.8. The number of aromatic nitrogens is 4. The lowest BCUT2D eigenvalue weighted by atomic mass is 10.0. The second-order valence-electron chi connectivity index (χ2n) is 11.0. The number of hydrogen-bond acceptors (Lipinski definition) is 7. The summed E-state index contributed by atoms with van der Waals surface area (Å²) in [7, 11) is 0. The fraction of sp³-hybridized carbons (Fsp3) is 0.519. The van der Waals surface area contributed by atoms with Crippen LogP contribution in [0.25, 0.3) is 16.7 Å². The van der Waals surface area contributed by atoms with Gasteiger partial charge in [-0.1, -0.05) is 13.8 Å². The van der Waals surface area contributed by atoms with Crippen LogP contribution in [0, 0.1) is 19.7 Å². The number of aryl methyl sites for hydroxylation is 2. The predicted octanol–water partition coefficient (Wildman–Crippen LogP) is 4.50. The molecule has 3 aromatic rings. The largest absolute Gasteiger partial charge is 0.444 e. The van der Waals surface area contributed by atoms with Crippen LogP contribution in [0.15, 0.2) is 23.1 Å². The average molecular weight is 511 g/mol. The molecule has 0 saturated carbocycles. The molecule has 1 amide bonds. The highest BCUT2D eigenvalue weighted by atomic mass is 19.1. The summed E-state index contributed by atoms with van der Waals surface area (Å²) in [4.78, 5) is 43.4. The molecule has 37 heavy (non-hydrogen) atoms. The van der Waals surface area contributed by atoms with Crippen molar-refractivity contribution in [3.05, 3.63) is 51.6 Å². The molecule has 0 bridgehead atoms. The predicted molar refractivity (Wildman–Crippen MR) is 141 cm³/mol. The van der Waals surface area contributed by atoms with Crippen molar-refractivity contribution < 1.29 is 13.9 Å². The Hall–Kier alpha value is -3.56. The number of ether oxygens (including phenoxy) is 1. The van der Waals surface area contributed by atoms with Crippen LogP contribution in [0.4, 0.5) is 15.0 Å². The van der Waals surface area contributed by atoms with E-state index in [1.54, 1.807) is 18.0 Å². The van der Waals surface area contributed by atoms with E-state index in [2.05, 4.69) is 15.0 Å². The number of fused-ring (bicyclic) bond motifs is 1. The first-order valence-electron chi connectivity index (χ1n) is 12.6. The Morgan fingerprint density at radius 3 is 2.51 bits per heavy atom. The van der Waals surface area contributed by atoms with Crippen molar-refractivity contribution in [1.82, 2.24) is 24.4 Å². The molecule has 1 saturated heterocycles. The summed E-state index contributed by atoms with van der Waals surface area (Å²) in [6.45, 7) is 16.1. The molecule has 1 atom stereocenters. The van der Waals surface area contributed by atoms with Gasteiger partial charge < -0.3 is 14.5 Å². The van der Waals surface area contributed by atoms with Crippen LogP contribution in [0.3, 0.4) is 0 Å². The minimum Gasteiger partial charge on any atom is -0.444 e. The van der Waals surface area contributed by atoms with Gasteiger partial charge in [0.1, 0.15) is 17.2 Å². The summed E-state index contributed by atoms with van der Waals surface area (Å²) in [6, 6.07) is 3.04. The van der Waals surface area contributed by atoms with E-state index < -0.39 is 17.1 Å². The molecule has 4 heterocycles. The van der Waals surface area contributed by atoms with Gasteiger partial charge in [0, 0.05) is 31.9 Å². The molecular formula is C27H35FN6O3. The van der Waals surface area contributed by atoms with E-state index in [9.17, 15) is 14.0 Å². The third-order valence-electron chi connectivity index (χ3n) is 6.45. The average Bonchev–Trinajstić information content (AvgIpc) is 2.79. The molecule has 9 nitrogen and oxygen atoms in total. The van der Waals surface area contributed by atoms with Crippen LogP contribution in [0.1, 0.15) is 64.4 Å². The van der Waals surface area contributed by atoms with Gasteiger partial charge in [-0.05, 0) is 65.2 Å². The van der Waals surface area contributed by atoms with Crippen molar-refractivity contribution in [1.29, 1.82) is 0 Å². The Morgan fingerprint density at radius 2 is 1.89 bits per heavy atom. The van der Waals surface area contributed by atoms with E-state index in [0.717, 1.165) is 11.3 Å². The number of anilines is 1. The van der Waals surface area contributed by atoms with Crippen molar-refractivity contribution >= 4 is 22.9 Å². The van der Waals surface area contributed by atoms with Crippen LogP contribution < -0.4 is 10.6 Å². The SMILES string of the molecule is Cc1ccnc(C(C)C)c1-n1c(=O)nc(N2CCN(C(=O)OC(C)(C)C)C[C@@H]2C)c2cc(F)c(C)nc21. The highest BCUT2D eigenvalue weighted by Crippen LogP contribution is 2.31. The highest BCUT2D eigenvalue weighted by Gasteiger charge is 2.32. The van der Waals surface area contributed by atoms with Crippen molar-refractivity contribution in [3.8, 4) is 5.69 Å². The van der Waals surface area contributed by atoms with Crippen molar-refractivity contribution in [3.63, 3.8) is 0 Å². The van der Waals surface area contributed by atoms with Gasteiger partial charge in [-0.3, -0.25) is 4.98 Å². The Balaban J connectivity index is 1.85. The lowest BCUT2D eigenvalue weighted by molar-refractivity contribution is 0.0218. The second kappa shape index (κ2) is 9.72. The van der Waals surface area contributed by atoms with E-state index in [4.69, 9.17) is 4.74 Å². The summed E-state index contributed by atoms with van der Waals surface area (Å²) >= 11 is 0. The maximum Gasteiger partial charge on any atom is 0.410 e. The Morgan fingerprint density at radius 1 is 1.19 bits per heavy atom. The molecule has 0 N–H and O–H groups in total. The molecule has 0 spiro atoms. The number of carbonyl (C=O) groups is 1. The summed E-state index contributed by atoms with van der Waals surface area (Å²) in [5, 5.41) is 0.429. The second-order valence-corrected chi connectivity index (χ2v) is 11.0. The normalized spacial score (nSPS) is 16.5. The topological polar surface area (TPSA) is 93.5 Å². The number of rotatable bonds is 3. The van der Waals surface area contributed by atoms with E-state index in [1.807, 2.05) is 59.4 Å². The lowest BCUT2D eigenvalue weighted by Crippen LogP contribution is -2.55. The third kappa shape index (κ3) is 5.14. The van der Waals surface area contributed by atoms with Crippen LogP contribution in [0.2, 0.25) is 0 Å². The van der Waals surface area contributed by atoms with Crippen LogP contribution >= 0.6 is 0 Å². The number of hydrogen-bond donors (Lipinski definition) is 0. The number of piperazine rings is 1. The zero-order chi connectivity index (χ0) is 27.2. The van der Waals surface area contributed by atoms with Crippen LogP contribution in [0.5, 0.6) is 0 Å². The monoisotopic (exact) mass is 510 g/mol. The lowest BCUT2D eigenvalue weighted by Gasteiger charge is -2.41. The summed E-state index contributed by atoms with van der Waals surface area (Å²) in [6.07, 6.45) is 1.33. The minimum atomic E-state index is -0.597. The Bertz CT molecular complexity index is 1410. The van der Waals surface area contributed by atoms with Gasteiger partial charge in [0.25, 0.3) is 0 Å². The first-order valence-corrected chi connectivity index (χ1v) is 12.6. The van der Waals surface area contributed by atoms with Crippen molar-refractivity contribution in [2.45, 2.75) is 73.0 Å². The van der Waals surface area contributed by atoms with Crippen LogP contribution in [-0.2, 0) is 4.74 Å². The molecule has 0 aromatic carbocycles. The number of carbonyl (C=O) groups excluding carboxylic acids is 1. The fourth-order valence-electron chi connectivity index (χ4n) is 4.66. The zero-order valence-electron chi connectivity index (χ0n) is 22.8. The molecule has 198 valence electrons. The van der Waals surface area contributed by atoms with E-state index in [-0.39, 0.29) is 23.7 Å². The number of pyridine rings is 2. The molecule has 0 radical (unpaired) electrons. The molecule has 1 fully saturated rings. The van der Waals surface area contributed by atoms with Gasteiger partial charge in [0.2, 0.25) is 0 Å². The Kier molecular flexibility index (Phi) is 6.96. The maximum atomic E-state index is 14.9. The molecular weight excluding hydrogens is 475 g/mol. The Labute approximate surface area is 216 Å². The van der Waals surface area contributed by atoms with E-state index in [0.29, 0.717) is 42.2 Å². The van der Waals surface area contributed by atoms with E-state index in [1.165, 1.54) is 10.6 Å². The molecule has 1 aliphatic rings. The number of nitrogens with zero attached hydrogens (tertiary/aromatic N) is 6. The third-order valence-corrected chi connectivity index (χ3v) is 6.45. The molecule has 1 aliphatic heterocycles. The van der Waals surface area contributed by atoms with Gasteiger partial charge in [0.15, 0.2) is 5.65 Å². The minimum absolute atomic E-state index is 0.0408. The first-order chi connectivity index (χ1) is 17.3. The van der Waals surface area contributed by atoms with Gasteiger partial charge >= 0.3 is 11.8 Å². The van der Waals surface area contributed by atoms with Gasteiger partial charge in [-0.15, -0.1) is 0 Å². The smallest absolute Gasteiger partial charge is 0.410 e. The van der Waals surface area contributed by atoms with Gasteiger partial charge in [0.05, 0.1) is 22.5 Å². The fourth-order valence-corrected chi connectivity index (χ4v) is 4.66. The van der Waals surface area contributed by atoms with Gasteiger partial charge in [-0.2, -0.15) is 4.98 Å². The molecule has 10 heteroatoms. The maximum absolute atomic E-state index is 14.9. The van der Waals surface area contributed by atoms with Crippen molar-refractivity contribution in [2.75, 3.05) is 24.5 Å². The van der Waals surface area contributed by atoms with E-state index >= 15 is 0 Å². The summed E-state index contributed by atoms with van der Waals surface area (Å²) in [5.41, 5.74) is 1.61. The quantitative estimate of drug-likeness (QED) is 0.512. The van der Waals surface area contributed by atoms with Gasteiger partial charge in [-0.25, -0.2) is 23.5 Å². The van der Waals surface area contributed by atoms with Crippen molar-refractivity contribution in [2.24, 2.45) is 0 Å². The highest BCUT2D eigenvalue weighted by molar-refractivity contribution is 5.89. The number of halogens is 1. The number of amides is 1. The molecule has 0 unspecified atom stereocenters. The summed E-state index contributed by atoms with van der Waals surface area (Å²) in [5.74, 6) is -0.0848. The first kappa shape index (κ1) is 26.5. The molecule has 4 rings (SSSR count).